The first-order valence-corrected chi connectivity index (χ1v) is 8.47. The Labute approximate surface area is 114 Å². The second kappa shape index (κ2) is 5.74. The molecule has 1 aromatic carbocycles. The SMILES string of the molecule is CS(=O)(=O)c1ccc(C(=O)N2CCCCCC2)cc1. The minimum absolute atomic E-state index is 0.00181. The predicted octanol–water partition coefficient (Wildman–Crippen LogP) is 2.11. The normalized spacial score (nSPS) is 17.0. The molecule has 0 aromatic heterocycles. The number of amides is 1. The number of likely N-dealkylation sites (tertiary alicyclic amines) is 1. The Kier molecular flexibility index (Phi) is 4.24. The fourth-order valence-corrected chi connectivity index (χ4v) is 2.93. The van der Waals surface area contributed by atoms with Gasteiger partial charge in [-0.1, -0.05) is 12.8 Å². The van der Waals surface area contributed by atoms with Gasteiger partial charge in [0.05, 0.1) is 4.90 Å². The standard InChI is InChI=1S/C14H19NO3S/c1-19(17,18)13-8-6-12(7-9-13)14(16)15-10-4-2-3-5-11-15/h6-9H,2-5,10-11H2,1H3. The molecule has 1 aromatic rings. The van der Waals surface area contributed by atoms with Crippen LogP contribution in [0.15, 0.2) is 29.2 Å². The van der Waals surface area contributed by atoms with Crippen LogP contribution >= 0.6 is 0 Å². The van der Waals surface area contributed by atoms with Crippen LogP contribution in [0, 0.1) is 0 Å². The molecule has 1 aliphatic rings. The number of benzene rings is 1. The van der Waals surface area contributed by atoms with Crippen LogP contribution in [0.1, 0.15) is 36.0 Å². The third-order valence-electron chi connectivity index (χ3n) is 3.42. The number of carbonyl (C=O) groups excluding carboxylic acids is 1. The van der Waals surface area contributed by atoms with Gasteiger partial charge in [-0.2, -0.15) is 0 Å². The fourth-order valence-electron chi connectivity index (χ4n) is 2.30. The summed E-state index contributed by atoms with van der Waals surface area (Å²) in [5.41, 5.74) is 0.564. The van der Waals surface area contributed by atoms with Crippen LogP contribution in [0.3, 0.4) is 0 Å². The molecule has 1 amide bonds. The average Bonchev–Trinajstić information content (AvgIpc) is 2.66. The Balaban J connectivity index is 2.15. The highest BCUT2D eigenvalue weighted by atomic mass is 32.2. The topological polar surface area (TPSA) is 54.5 Å². The van der Waals surface area contributed by atoms with Gasteiger partial charge in [-0.05, 0) is 37.1 Å². The van der Waals surface area contributed by atoms with Gasteiger partial charge in [-0.15, -0.1) is 0 Å². The third kappa shape index (κ3) is 3.56. The first-order chi connectivity index (χ1) is 8.98. The average molecular weight is 281 g/mol. The van der Waals surface area contributed by atoms with Gasteiger partial charge in [-0.25, -0.2) is 8.42 Å². The van der Waals surface area contributed by atoms with Crippen molar-refractivity contribution in [3.8, 4) is 0 Å². The van der Waals surface area contributed by atoms with Crippen molar-refractivity contribution in [3.63, 3.8) is 0 Å². The van der Waals surface area contributed by atoms with Crippen LogP contribution in [-0.4, -0.2) is 38.6 Å². The van der Waals surface area contributed by atoms with Crippen LogP contribution in [0.25, 0.3) is 0 Å². The van der Waals surface area contributed by atoms with Crippen molar-refractivity contribution >= 4 is 15.7 Å². The molecular formula is C14H19NO3S. The summed E-state index contributed by atoms with van der Waals surface area (Å²) in [6.07, 6.45) is 5.62. The number of hydrogen-bond acceptors (Lipinski definition) is 3. The lowest BCUT2D eigenvalue weighted by Crippen LogP contribution is -2.31. The van der Waals surface area contributed by atoms with Crippen LogP contribution in [0.4, 0.5) is 0 Å². The molecule has 0 saturated carbocycles. The minimum Gasteiger partial charge on any atom is -0.339 e. The van der Waals surface area contributed by atoms with E-state index in [1.807, 2.05) is 4.90 Å². The molecule has 1 fully saturated rings. The van der Waals surface area contributed by atoms with E-state index in [0.29, 0.717) is 5.56 Å². The van der Waals surface area contributed by atoms with Gasteiger partial charge in [-0.3, -0.25) is 4.79 Å². The Morgan fingerprint density at radius 3 is 2.00 bits per heavy atom. The maximum Gasteiger partial charge on any atom is 0.253 e. The van der Waals surface area contributed by atoms with Crippen molar-refractivity contribution in [2.24, 2.45) is 0 Å². The molecule has 0 spiro atoms. The number of rotatable bonds is 2. The van der Waals surface area contributed by atoms with E-state index in [9.17, 15) is 13.2 Å². The Hall–Kier alpha value is -1.36. The molecule has 2 rings (SSSR count). The van der Waals surface area contributed by atoms with Crippen LogP contribution < -0.4 is 0 Å². The molecular weight excluding hydrogens is 262 g/mol. The summed E-state index contributed by atoms with van der Waals surface area (Å²) in [7, 11) is -3.20. The lowest BCUT2D eigenvalue weighted by molar-refractivity contribution is 0.0761. The van der Waals surface area contributed by atoms with E-state index in [1.54, 1.807) is 12.1 Å². The quantitative estimate of drug-likeness (QED) is 0.834. The summed E-state index contributed by atoms with van der Waals surface area (Å²) in [5.74, 6) is 0.00181. The summed E-state index contributed by atoms with van der Waals surface area (Å²) in [6.45, 7) is 1.60. The van der Waals surface area contributed by atoms with Crippen molar-refractivity contribution < 1.29 is 13.2 Å². The smallest absolute Gasteiger partial charge is 0.253 e. The van der Waals surface area contributed by atoms with Crippen molar-refractivity contribution in [1.29, 1.82) is 0 Å². The minimum atomic E-state index is -3.20. The molecule has 1 heterocycles. The molecule has 104 valence electrons. The summed E-state index contributed by atoms with van der Waals surface area (Å²) in [6, 6.07) is 6.20. The maximum absolute atomic E-state index is 12.3. The molecule has 5 heteroatoms. The molecule has 19 heavy (non-hydrogen) atoms. The van der Waals surface area contributed by atoms with Crippen molar-refractivity contribution in [2.75, 3.05) is 19.3 Å². The van der Waals surface area contributed by atoms with Crippen molar-refractivity contribution in [2.45, 2.75) is 30.6 Å². The zero-order chi connectivity index (χ0) is 13.9. The van der Waals surface area contributed by atoms with E-state index in [1.165, 1.54) is 31.2 Å². The predicted molar refractivity (Wildman–Crippen MR) is 73.9 cm³/mol. The fraction of sp³-hybridized carbons (Fsp3) is 0.500. The highest BCUT2D eigenvalue weighted by Gasteiger charge is 2.17. The maximum atomic E-state index is 12.3. The van der Waals surface area contributed by atoms with E-state index in [4.69, 9.17) is 0 Å². The molecule has 1 aliphatic heterocycles. The van der Waals surface area contributed by atoms with E-state index in [-0.39, 0.29) is 10.8 Å². The molecule has 1 saturated heterocycles. The second-order valence-corrected chi connectivity index (χ2v) is 7.02. The monoisotopic (exact) mass is 281 g/mol. The number of hydrogen-bond donors (Lipinski definition) is 0. The van der Waals surface area contributed by atoms with Gasteiger partial charge < -0.3 is 4.90 Å². The van der Waals surface area contributed by atoms with Crippen LogP contribution in [-0.2, 0) is 9.84 Å². The number of sulfone groups is 1. The van der Waals surface area contributed by atoms with E-state index in [0.717, 1.165) is 25.9 Å². The Bertz CT molecular complexity index is 541. The summed E-state index contributed by atoms with van der Waals surface area (Å²) >= 11 is 0. The molecule has 0 N–H and O–H groups in total. The zero-order valence-electron chi connectivity index (χ0n) is 11.1. The molecule has 0 aliphatic carbocycles. The molecule has 0 atom stereocenters. The van der Waals surface area contributed by atoms with Gasteiger partial charge in [0.25, 0.3) is 5.91 Å². The largest absolute Gasteiger partial charge is 0.339 e. The van der Waals surface area contributed by atoms with Gasteiger partial charge >= 0.3 is 0 Å². The van der Waals surface area contributed by atoms with E-state index < -0.39 is 9.84 Å². The van der Waals surface area contributed by atoms with Crippen LogP contribution in [0.5, 0.6) is 0 Å². The lowest BCUT2D eigenvalue weighted by Gasteiger charge is -2.20. The first-order valence-electron chi connectivity index (χ1n) is 6.58. The van der Waals surface area contributed by atoms with Gasteiger partial charge in [0, 0.05) is 24.9 Å². The van der Waals surface area contributed by atoms with Crippen molar-refractivity contribution in [1.82, 2.24) is 4.90 Å². The van der Waals surface area contributed by atoms with Gasteiger partial charge in [0.1, 0.15) is 0 Å². The van der Waals surface area contributed by atoms with Crippen molar-refractivity contribution in [3.05, 3.63) is 29.8 Å². The highest BCUT2D eigenvalue weighted by molar-refractivity contribution is 7.90. The Morgan fingerprint density at radius 2 is 1.53 bits per heavy atom. The van der Waals surface area contributed by atoms with E-state index in [2.05, 4.69) is 0 Å². The number of nitrogens with zero attached hydrogens (tertiary/aromatic N) is 1. The summed E-state index contributed by atoms with van der Waals surface area (Å²) < 4.78 is 22.7. The second-order valence-electron chi connectivity index (χ2n) is 5.00. The molecule has 0 radical (unpaired) electrons. The summed E-state index contributed by atoms with van der Waals surface area (Å²) in [4.78, 5) is 14.4. The summed E-state index contributed by atoms with van der Waals surface area (Å²) in [5, 5.41) is 0. The zero-order valence-corrected chi connectivity index (χ0v) is 11.9. The molecule has 0 unspecified atom stereocenters. The molecule has 4 nitrogen and oxygen atoms in total. The van der Waals surface area contributed by atoms with E-state index >= 15 is 0 Å². The van der Waals surface area contributed by atoms with Gasteiger partial charge in [0.2, 0.25) is 0 Å². The lowest BCUT2D eigenvalue weighted by atomic mass is 10.2. The number of carbonyl (C=O) groups is 1. The highest BCUT2D eigenvalue weighted by Crippen LogP contribution is 2.15. The first kappa shape index (κ1) is 14.1. The Morgan fingerprint density at radius 1 is 1.00 bits per heavy atom. The van der Waals surface area contributed by atoms with Gasteiger partial charge in [0.15, 0.2) is 9.84 Å². The third-order valence-corrected chi connectivity index (χ3v) is 4.55. The molecule has 0 bridgehead atoms. The van der Waals surface area contributed by atoms with Crippen LogP contribution in [0.2, 0.25) is 0 Å².